The molecule has 1 aliphatic carbocycles. The highest BCUT2D eigenvalue weighted by atomic mass is 16.5. The number of Topliss-reactive ketones (excluding diaryl/α,β-unsaturated/α-hetero) is 1. The van der Waals surface area contributed by atoms with Gasteiger partial charge in [0.05, 0.1) is 11.8 Å². The van der Waals surface area contributed by atoms with Gasteiger partial charge in [-0.25, -0.2) is 0 Å². The standard InChI is InChI=1S/C22H27NO5/c1-12-9-18(15(4)14(3)13(12)2)19(24)11-28-20(25)10-23-21(26)16-7-5-6-8-17(16)22(23)27/h9,16-17H,5-8,10-11H2,1-4H3/t16-,17-/m0/s1. The van der Waals surface area contributed by atoms with Gasteiger partial charge in [-0.2, -0.15) is 0 Å². The summed E-state index contributed by atoms with van der Waals surface area (Å²) in [4.78, 5) is 50.6. The number of carbonyl (C=O) groups is 4. The highest BCUT2D eigenvalue weighted by molar-refractivity contribution is 6.07. The van der Waals surface area contributed by atoms with Gasteiger partial charge in [0, 0.05) is 5.56 Å². The molecule has 2 aliphatic rings. The van der Waals surface area contributed by atoms with Crippen LogP contribution in [0.25, 0.3) is 0 Å². The number of likely N-dealkylation sites (tertiary alicyclic amines) is 1. The molecule has 1 saturated heterocycles. The zero-order chi connectivity index (χ0) is 20.6. The Morgan fingerprint density at radius 1 is 0.964 bits per heavy atom. The first-order chi connectivity index (χ1) is 13.2. The second-order valence-electron chi connectivity index (χ2n) is 7.96. The molecular weight excluding hydrogens is 358 g/mol. The highest BCUT2D eigenvalue weighted by Gasteiger charge is 2.48. The third-order valence-corrected chi connectivity index (χ3v) is 6.37. The predicted molar refractivity (Wildman–Crippen MR) is 103 cm³/mol. The Labute approximate surface area is 165 Å². The van der Waals surface area contributed by atoms with E-state index in [-0.39, 0.29) is 29.4 Å². The number of nitrogens with zero attached hydrogens (tertiary/aromatic N) is 1. The number of hydrogen-bond acceptors (Lipinski definition) is 5. The van der Waals surface area contributed by atoms with Crippen LogP contribution >= 0.6 is 0 Å². The van der Waals surface area contributed by atoms with Gasteiger partial charge >= 0.3 is 5.97 Å². The van der Waals surface area contributed by atoms with Gasteiger partial charge in [0.1, 0.15) is 6.54 Å². The molecule has 0 unspecified atom stereocenters. The van der Waals surface area contributed by atoms with Crippen LogP contribution < -0.4 is 0 Å². The minimum Gasteiger partial charge on any atom is -0.456 e. The largest absolute Gasteiger partial charge is 0.456 e. The van der Waals surface area contributed by atoms with Crippen LogP contribution in [0.3, 0.4) is 0 Å². The Bertz CT molecular complexity index is 833. The summed E-state index contributed by atoms with van der Waals surface area (Å²) in [7, 11) is 0. The zero-order valence-electron chi connectivity index (χ0n) is 17.0. The van der Waals surface area contributed by atoms with Gasteiger partial charge in [0.2, 0.25) is 17.6 Å². The van der Waals surface area contributed by atoms with Crippen LogP contribution in [-0.2, 0) is 19.1 Å². The van der Waals surface area contributed by atoms with Gasteiger partial charge in [-0.3, -0.25) is 24.1 Å². The van der Waals surface area contributed by atoms with Crippen molar-refractivity contribution < 1.29 is 23.9 Å². The van der Waals surface area contributed by atoms with Crippen molar-refractivity contribution in [2.24, 2.45) is 11.8 Å². The molecule has 1 heterocycles. The van der Waals surface area contributed by atoms with Crippen molar-refractivity contribution in [3.63, 3.8) is 0 Å². The topological polar surface area (TPSA) is 80.8 Å². The molecule has 0 bridgehead atoms. The Balaban J connectivity index is 1.61. The number of aryl methyl sites for hydroxylation is 1. The zero-order valence-corrected chi connectivity index (χ0v) is 17.0. The van der Waals surface area contributed by atoms with Crippen LogP contribution in [0.15, 0.2) is 6.07 Å². The maximum Gasteiger partial charge on any atom is 0.326 e. The van der Waals surface area contributed by atoms with E-state index in [0.717, 1.165) is 40.0 Å². The minimum atomic E-state index is -0.730. The molecule has 2 fully saturated rings. The molecule has 6 heteroatoms. The molecular formula is C22H27NO5. The molecule has 150 valence electrons. The summed E-state index contributed by atoms with van der Waals surface area (Å²) in [6, 6.07) is 1.81. The third kappa shape index (κ3) is 3.60. The third-order valence-electron chi connectivity index (χ3n) is 6.37. The number of fused-ring (bicyclic) bond motifs is 1. The summed E-state index contributed by atoms with van der Waals surface area (Å²) in [6.07, 6.45) is 3.26. The van der Waals surface area contributed by atoms with Crippen LogP contribution in [-0.4, -0.2) is 41.6 Å². The van der Waals surface area contributed by atoms with E-state index in [1.807, 2.05) is 33.8 Å². The normalized spacial score (nSPS) is 21.6. The number of amides is 2. The molecule has 1 aromatic rings. The number of rotatable bonds is 5. The molecule has 3 rings (SSSR count). The molecule has 6 nitrogen and oxygen atoms in total. The van der Waals surface area contributed by atoms with Gasteiger partial charge in [-0.15, -0.1) is 0 Å². The van der Waals surface area contributed by atoms with Gasteiger partial charge in [-0.1, -0.05) is 12.8 Å². The van der Waals surface area contributed by atoms with E-state index in [0.29, 0.717) is 18.4 Å². The average molecular weight is 385 g/mol. The second kappa shape index (κ2) is 7.86. The van der Waals surface area contributed by atoms with Gasteiger partial charge in [0.25, 0.3) is 0 Å². The van der Waals surface area contributed by atoms with Crippen LogP contribution in [0.2, 0.25) is 0 Å². The number of esters is 1. The van der Waals surface area contributed by atoms with Gasteiger partial charge in [0.15, 0.2) is 6.61 Å². The van der Waals surface area contributed by atoms with Crippen molar-refractivity contribution in [2.75, 3.05) is 13.2 Å². The quantitative estimate of drug-likeness (QED) is 0.442. The highest BCUT2D eigenvalue weighted by Crippen LogP contribution is 2.37. The van der Waals surface area contributed by atoms with Crippen molar-refractivity contribution in [1.29, 1.82) is 0 Å². The minimum absolute atomic E-state index is 0.279. The summed E-state index contributed by atoms with van der Waals surface area (Å²) in [5.41, 5.74) is 4.60. The lowest BCUT2D eigenvalue weighted by Crippen LogP contribution is -2.37. The van der Waals surface area contributed by atoms with Crippen molar-refractivity contribution in [3.8, 4) is 0 Å². The van der Waals surface area contributed by atoms with E-state index in [1.54, 1.807) is 0 Å². The fourth-order valence-corrected chi connectivity index (χ4v) is 4.29. The van der Waals surface area contributed by atoms with E-state index in [4.69, 9.17) is 4.74 Å². The lowest BCUT2D eigenvalue weighted by molar-refractivity contribution is -0.152. The maximum atomic E-state index is 12.5. The Hall–Kier alpha value is -2.50. The fourth-order valence-electron chi connectivity index (χ4n) is 4.29. The van der Waals surface area contributed by atoms with Crippen LogP contribution in [0.4, 0.5) is 0 Å². The number of ether oxygens (including phenoxy) is 1. The number of hydrogen-bond donors (Lipinski definition) is 0. The van der Waals surface area contributed by atoms with Crippen LogP contribution in [0.1, 0.15) is 58.3 Å². The summed E-state index contributed by atoms with van der Waals surface area (Å²) in [6.45, 7) is 6.97. The summed E-state index contributed by atoms with van der Waals surface area (Å²) in [5, 5.41) is 0. The Morgan fingerprint density at radius 2 is 1.54 bits per heavy atom. The summed E-state index contributed by atoms with van der Waals surface area (Å²) >= 11 is 0. The fraction of sp³-hybridized carbons (Fsp3) is 0.545. The molecule has 0 aromatic heterocycles. The predicted octanol–water partition coefficient (Wildman–Crippen LogP) is 2.82. The molecule has 2 amide bonds. The Kier molecular flexibility index (Phi) is 5.68. The molecule has 1 aliphatic heterocycles. The van der Waals surface area contributed by atoms with Crippen molar-refractivity contribution in [2.45, 2.75) is 53.4 Å². The lowest BCUT2D eigenvalue weighted by Gasteiger charge is -2.19. The van der Waals surface area contributed by atoms with E-state index in [9.17, 15) is 19.2 Å². The summed E-state index contributed by atoms with van der Waals surface area (Å²) < 4.78 is 5.10. The molecule has 28 heavy (non-hydrogen) atoms. The number of ketones is 1. The van der Waals surface area contributed by atoms with E-state index in [2.05, 4.69) is 0 Å². The molecule has 0 N–H and O–H groups in total. The van der Waals surface area contributed by atoms with Crippen LogP contribution in [0, 0.1) is 39.5 Å². The van der Waals surface area contributed by atoms with Crippen molar-refractivity contribution in [3.05, 3.63) is 33.9 Å². The van der Waals surface area contributed by atoms with E-state index < -0.39 is 19.1 Å². The average Bonchev–Trinajstić information content (AvgIpc) is 2.92. The number of imide groups is 1. The first-order valence-electron chi connectivity index (χ1n) is 9.83. The molecule has 1 saturated carbocycles. The summed E-state index contributed by atoms with van der Waals surface area (Å²) in [5.74, 6) is -2.16. The van der Waals surface area contributed by atoms with Gasteiger partial charge < -0.3 is 4.74 Å². The molecule has 0 radical (unpaired) electrons. The first-order valence-corrected chi connectivity index (χ1v) is 9.83. The second-order valence-corrected chi connectivity index (χ2v) is 7.96. The van der Waals surface area contributed by atoms with Crippen molar-refractivity contribution >= 4 is 23.6 Å². The lowest BCUT2D eigenvalue weighted by atomic mass is 9.81. The Morgan fingerprint density at radius 3 is 2.11 bits per heavy atom. The van der Waals surface area contributed by atoms with Gasteiger partial charge in [-0.05, 0) is 68.9 Å². The molecule has 1 aromatic carbocycles. The van der Waals surface area contributed by atoms with Crippen molar-refractivity contribution in [1.82, 2.24) is 4.90 Å². The molecule has 0 spiro atoms. The molecule has 2 atom stereocenters. The first kappa shape index (κ1) is 20.2. The maximum absolute atomic E-state index is 12.5. The van der Waals surface area contributed by atoms with Crippen LogP contribution in [0.5, 0.6) is 0 Å². The smallest absolute Gasteiger partial charge is 0.326 e. The number of benzene rings is 1. The van der Waals surface area contributed by atoms with E-state index >= 15 is 0 Å². The SMILES string of the molecule is Cc1cc(C(=O)COC(=O)CN2C(=O)[C@H]3CCCC[C@@H]3C2=O)c(C)c(C)c1C. The number of carbonyl (C=O) groups excluding carboxylic acids is 4. The van der Waals surface area contributed by atoms with E-state index in [1.165, 1.54) is 0 Å². The monoisotopic (exact) mass is 385 g/mol.